The van der Waals surface area contributed by atoms with Gasteiger partial charge in [-0.3, -0.25) is 14.4 Å². The Morgan fingerprint density at radius 3 is 2.46 bits per heavy atom. The number of ether oxygens (including phenoxy) is 1. The smallest absolute Gasteiger partial charge is 0.340 e. The minimum atomic E-state index is -4.12. The summed E-state index contributed by atoms with van der Waals surface area (Å²) in [5.41, 5.74) is 0.294. The van der Waals surface area contributed by atoms with Crippen molar-refractivity contribution in [3.63, 3.8) is 0 Å². The van der Waals surface area contributed by atoms with Crippen LogP contribution < -0.4 is 4.31 Å². The summed E-state index contributed by atoms with van der Waals surface area (Å²) in [7, 11) is -2.92. The van der Waals surface area contributed by atoms with E-state index in [4.69, 9.17) is 4.74 Å². The Balaban J connectivity index is 2.63. The van der Waals surface area contributed by atoms with Gasteiger partial charge < -0.3 is 4.74 Å². The molecule has 2 aromatic rings. The molecule has 2 aromatic carbocycles. The molecule has 0 fully saturated rings. The molecule has 0 aliphatic carbocycles. The van der Waals surface area contributed by atoms with E-state index in [1.807, 2.05) is 0 Å². The third-order valence-electron chi connectivity index (χ3n) is 3.83. The Morgan fingerprint density at radius 2 is 1.88 bits per heavy atom. The number of anilines is 1. The number of rotatable bonds is 6. The number of nitro benzene ring substituents is 1. The highest BCUT2D eigenvalue weighted by Gasteiger charge is 2.29. The van der Waals surface area contributed by atoms with Gasteiger partial charge in [-0.25, -0.2) is 13.2 Å². The van der Waals surface area contributed by atoms with Gasteiger partial charge >= 0.3 is 5.97 Å². The van der Waals surface area contributed by atoms with Crippen LogP contribution in [0, 0.1) is 17.0 Å². The van der Waals surface area contributed by atoms with Crippen molar-refractivity contribution in [3.05, 3.63) is 63.7 Å². The lowest BCUT2D eigenvalue weighted by atomic mass is 10.2. The summed E-state index contributed by atoms with van der Waals surface area (Å²) in [6, 6.07) is 9.83. The van der Waals surface area contributed by atoms with Crippen molar-refractivity contribution in [2.45, 2.75) is 18.7 Å². The van der Waals surface area contributed by atoms with Crippen LogP contribution in [-0.2, 0) is 14.8 Å². The summed E-state index contributed by atoms with van der Waals surface area (Å²) in [4.78, 5) is 22.2. The Labute approximate surface area is 151 Å². The Hall–Kier alpha value is -2.94. The molecule has 0 spiro atoms. The molecule has 0 aromatic heterocycles. The fourth-order valence-electron chi connectivity index (χ4n) is 2.52. The summed E-state index contributed by atoms with van der Waals surface area (Å²) in [6.45, 7) is 3.16. The molecular formula is C17H18N2O6S. The van der Waals surface area contributed by atoms with Crippen LogP contribution in [0.25, 0.3) is 0 Å². The molecule has 26 heavy (non-hydrogen) atoms. The van der Waals surface area contributed by atoms with E-state index >= 15 is 0 Å². The van der Waals surface area contributed by atoms with E-state index in [2.05, 4.69) is 0 Å². The number of nitrogens with zero attached hydrogens (tertiary/aromatic N) is 2. The lowest BCUT2D eigenvalue weighted by Gasteiger charge is -2.24. The first kappa shape index (κ1) is 19.4. The number of hydrogen-bond donors (Lipinski definition) is 0. The molecular weight excluding hydrogens is 360 g/mol. The summed E-state index contributed by atoms with van der Waals surface area (Å²) < 4.78 is 31.9. The summed E-state index contributed by atoms with van der Waals surface area (Å²) in [6.07, 6.45) is 0. The maximum absolute atomic E-state index is 13.1. The first-order valence-corrected chi connectivity index (χ1v) is 9.13. The number of esters is 1. The van der Waals surface area contributed by atoms with E-state index in [1.54, 1.807) is 19.1 Å². The van der Waals surface area contributed by atoms with E-state index in [1.165, 1.54) is 38.3 Å². The zero-order valence-corrected chi connectivity index (χ0v) is 15.3. The SMILES string of the molecule is CCN(c1ccccc1C(=O)OC)S(=O)(=O)c1ccc(C)c([N+](=O)[O-])c1. The first-order chi connectivity index (χ1) is 12.2. The quantitative estimate of drug-likeness (QED) is 0.435. The maximum Gasteiger partial charge on any atom is 0.340 e. The molecule has 0 heterocycles. The van der Waals surface area contributed by atoms with Gasteiger partial charge in [-0.2, -0.15) is 0 Å². The van der Waals surface area contributed by atoms with Crippen LogP contribution in [0.15, 0.2) is 47.4 Å². The molecule has 0 aliphatic heterocycles. The summed E-state index contributed by atoms with van der Waals surface area (Å²) >= 11 is 0. The first-order valence-electron chi connectivity index (χ1n) is 7.69. The third kappa shape index (κ3) is 3.52. The normalized spacial score (nSPS) is 11.0. The molecule has 0 amide bonds. The van der Waals surface area contributed by atoms with Crippen molar-refractivity contribution in [1.29, 1.82) is 0 Å². The molecule has 0 saturated carbocycles. The number of para-hydroxylation sites is 1. The van der Waals surface area contributed by atoms with Crippen molar-refractivity contribution in [1.82, 2.24) is 0 Å². The standard InChI is InChI=1S/C17H18N2O6S/c1-4-18(15-8-6-5-7-14(15)17(20)25-3)26(23,24)13-10-9-12(2)16(11-13)19(21)22/h5-11H,4H2,1-3H3. The van der Waals surface area contributed by atoms with Gasteiger partial charge in [0.25, 0.3) is 15.7 Å². The van der Waals surface area contributed by atoms with Gasteiger partial charge in [0, 0.05) is 18.2 Å². The minimum absolute atomic E-state index is 0.0258. The van der Waals surface area contributed by atoms with Gasteiger partial charge in [0.2, 0.25) is 0 Å². The van der Waals surface area contributed by atoms with Crippen molar-refractivity contribution in [2.24, 2.45) is 0 Å². The average molecular weight is 378 g/mol. The molecule has 0 atom stereocenters. The van der Waals surface area contributed by atoms with Crippen LogP contribution in [0.2, 0.25) is 0 Å². The van der Waals surface area contributed by atoms with E-state index in [9.17, 15) is 23.3 Å². The second kappa shape index (κ2) is 7.52. The number of aryl methyl sites for hydroxylation is 1. The van der Waals surface area contributed by atoms with E-state index in [0.29, 0.717) is 5.56 Å². The molecule has 0 aliphatic rings. The highest BCUT2D eigenvalue weighted by molar-refractivity contribution is 7.92. The third-order valence-corrected chi connectivity index (χ3v) is 5.72. The van der Waals surface area contributed by atoms with Crippen LogP contribution in [0.4, 0.5) is 11.4 Å². The second-order valence-electron chi connectivity index (χ2n) is 5.38. The highest BCUT2D eigenvalue weighted by Crippen LogP contribution is 2.30. The van der Waals surface area contributed by atoms with Crippen LogP contribution >= 0.6 is 0 Å². The van der Waals surface area contributed by atoms with Crippen LogP contribution in [0.3, 0.4) is 0 Å². The summed E-state index contributed by atoms with van der Waals surface area (Å²) in [5, 5.41) is 11.1. The summed E-state index contributed by atoms with van der Waals surface area (Å²) in [5.74, 6) is -0.677. The fraction of sp³-hybridized carbons (Fsp3) is 0.235. The number of nitro groups is 1. The number of hydrogen-bond acceptors (Lipinski definition) is 6. The number of carbonyl (C=O) groups is 1. The largest absolute Gasteiger partial charge is 0.465 e. The van der Waals surface area contributed by atoms with Gasteiger partial charge in [-0.05, 0) is 32.0 Å². The maximum atomic E-state index is 13.1. The number of carbonyl (C=O) groups excluding carboxylic acids is 1. The van der Waals surface area contributed by atoms with E-state index in [-0.39, 0.29) is 28.4 Å². The minimum Gasteiger partial charge on any atom is -0.465 e. The molecule has 0 saturated heterocycles. The van der Waals surface area contributed by atoms with Gasteiger partial charge in [0.05, 0.1) is 28.2 Å². The predicted octanol–water partition coefficient (Wildman–Crippen LogP) is 2.91. The van der Waals surface area contributed by atoms with Gasteiger partial charge in [-0.1, -0.05) is 18.2 Å². The fourth-order valence-corrected chi connectivity index (χ4v) is 4.03. The topological polar surface area (TPSA) is 107 Å². The lowest BCUT2D eigenvalue weighted by Crippen LogP contribution is -2.32. The second-order valence-corrected chi connectivity index (χ2v) is 7.25. The Bertz CT molecular complexity index is 955. The van der Waals surface area contributed by atoms with Crippen molar-refractivity contribution in [3.8, 4) is 0 Å². The molecule has 0 bridgehead atoms. The molecule has 2 rings (SSSR count). The zero-order valence-electron chi connectivity index (χ0n) is 14.5. The Morgan fingerprint density at radius 1 is 1.23 bits per heavy atom. The number of methoxy groups -OCH3 is 1. The van der Waals surface area contributed by atoms with Crippen molar-refractivity contribution < 1.29 is 22.9 Å². The number of benzene rings is 2. The average Bonchev–Trinajstić information content (AvgIpc) is 2.61. The van der Waals surface area contributed by atoms with Crippen LogP contribution in [0.1, 0.15) is 22.8 Å². The monoisotopic (exact) mass is 378 g/mol. The lowest BCUT2D eigenvalue weighted by molar-refractivity contribution is -0.385. The molecule has 9 heteroatoms. The van der Waals surface area contributed by atoms with E-state index < -0.39 is 20.9 Å². The predicted molar refractivity (Wildman–Crippen MR) is 95.8 cm³/mol. The van der Waals surface area contributed by atoms with E-state index in [0.717, 1.165) is 10.4 Å². The number of sulfonamides is 1. The molecule has 0 unspecified atom stereocenters. The molecule has 0 N–H and O–H groups in total. The van der Waals surface area contributed by atoms with Gasteiger partial charge in [0.1, 0.15) is 0 Å². The van der Waals surface area contributed by atoms with Crippen LogP contribution in [-0.4, -0.2) is 33.0 Å². The van der Waals surface area contributed by atoms with Crippen molar-refractivity contribution in [2.75, 3.05) is 18.0 Å². The Kier molecular flexibility index (Phi) is 5.61. The molecule has 138 valence electrons. The van der Waals surface area contributed by atoms with Crippen molar-refractivity contribution >= 4 is 27.4 Å². The zero-order chi connectivity index (χ0) is 19.5. The molecule has 0 radical (unpaired) electrons. The highest BCUT2D eigenvalue weighted by atomic mass is 32.2. The van der Waals surface area contributed by atoms with Gasteiger partial charge in [0.15, 0.2) is 0 Å². The van der Waals surface area contributed by atoms with Crippen LogP contribution in [0.5, 0.6) is 0 Å². The molecule has 8 nitrogen and oxygen atoms in total. The van der Waals surface area contributed by atoms with Gasteiger partial charge in [-0.15, -0.1) is 0 Å².